The molecule has 34 heavy (non-hydrogen) atoms. The number of aliphatic hydroxyl groups excluding tert-OH is 1. The minimum absolute atomic E-state index is 0.0399. The Morgan fingerprint density at radius 3 is 2.18 bits per heavy atom. The third-order valence-electron chi connectivity index (χ3n) is 5.34. The molecule has 3 aromatic carbocycles. The molecule has 8 nitrogen and oxygen atoms in total. The lowest BCUT2D eigenvalue weighted by molar-refractivity contribution is 0.105. The number of anilines is 3. The molecule has 0 amide bonds. The SMILES string of the molecule is Cc1ccc(S(=O)(=O)OC[C@@H](O)CCN2c3ccccc3N(c3ccccc3F)S2(=O)=O)cc1. The summed E-state index contributed by atoms with van der Waals surface area (Å²) in [5.74, 6) is -0.697. The molecule has 0 unspecified atom stereocenters. The Bertz CT molecular complexity index is 1390. The van der Waals surface area contributed by atoms with Gasteiger partial charge in [-0.3, -0.25) is 8.49 Å². The minimum atomic E-state index is -4.19. The van der Waals surface area contributed by atoms with E-state index in [2.05, 4.69) is 0 Å². The van der Waals surface area contributed by atoms with Crippen molar-refractivity contribution in [3.8, 4) is 0 Å². The molecule has 4 rings (SSSR count). The second kappa shape index (κ2) is 9.34. The molecule has 0 aromatic heterocycles. The molecule has 0 saturated carbocycles. The number of benzene rings is 3. The first-order valence-corrected chi connectivity index (χ1v) is 13.2. The number of rotatable bonds is 8. The Hall–Kier alpha value is -2.99. The van der Waals surface area contributed by atoms with Gasteiger partial charge in [0.2, 0.25) is 0 Å². The van der Waals surface area contributed by atoms with Gasteiger partial charge in [-0.05, 0) is 49.7 Å². The summed E-state index contributed by atoms with van der Waals surface area (Å²) < 4.78 is 72.7. The fourth-order valence-corrected chi connectivity index (χ4v) is 6.27. The second-order valence-corrected chi connectivity index (χ2v) is 11.1. The van der Waals surface area contributed by atoms with E-state index in [0.29, 0.717) is 5.69 Å². The lowest BCUT2D eigenvalue weighted by Crippen LogP contribution is -2.37. The van der Waals surface area contributed by atoms with Gasteiger partial charge in [0.1, 0.15) is 5.82 Å². The molecule has 1 N–H and O–H groups in total. The van der Waals surface area contributed by atoms with Crippen molar-refractivity contribution in [1.29, 1.82) is 0 Å². The van der Waals surface area contributed by atoms with Crippen LogP contribution in [0, 0.1) is 12.7 Å². The summed E-state index contributed by atoms with van der Waals surface area (Å²) in [5, 5.41) is 10.3. The van der Waals surface area contributed by atoms with Crippen LogP contribution in [-0.4, -0.2) is 41.2 Å². The summed E-state index contributed by atoms with van der Waals surface area (Å²) in [6.07, 6.45) is -1.37. The molecule has 0 spiro atoms. The van der Waals surface area contributed by atoms with Gasteiger partial charge in [0.05, 0.1) is 34.7 Å². The van der Waals surface area contributed by atoms with Crippen molar-refractivity contribution in [2.75, 3.05) is 21.8 Å². The molecule has 0 radical (unpaired) electrons. The average Bonchev–Trinajstić information content (AvgIpc) is 3.02. The van der Waals surface area contributed by atoms with Gasteiger partial charge in [0, 0.05) is 6.54 Å². The molecule has 0 saturated heterocycles. The number of aryl methyl sites for hydroxylation is 1. The maximum Gasteiger partial charge on any atom is 0.331 e. The van der Waals surface area contributed by atoms with E-state index in [1.165, 1.54) is 36.4 Å². The Balaban J connectivity index is 1.48. The summed E-state index contributed by atoms with van der Waals surface area (Å²) in [6, 6.07) is 18.0. The Labute approximate surface area is 198 Å². The van der Waals surface area contributed by atoms with Crippen molar-refractivity contribution in [2.45, 2.75) is 24.3 Å². The lowest BCUT2D eigenvalue weighted by atomic mass is 10.2. The first-order valence-electron chi connectivity index (χ1n) is 10.4. The zero-order valence-electron chi connectivity index (χ0n) is 18.2. The van der Waals surface area contributed by atoms with E-state index in [9.17, 15) is 26.3 Å². The maximum atomic E-state index is 14.5. The number of nitrogens with zero attached hydrogens (tertiary/aromatic N) is 2. The van der Waals surface area contributed by atoms with E-state index in [0.717, 1.165) is 14.2 Å². The summed E-state index contributed by atoms with van der Waals surface area (Å²) >= 11 is 0. The highest BCUT2D eigenvalue weighted by Gasteiger charge is 2.42. The summed E-state index contributed by atoms with van der Waals surface area (Å²) in [5.41, 5.74) is 1.37. The predicted molar refractivity (Wildman–Crippen MR) is 126 cm³/mol. The van der Waals surface area contributed by atoms with Gasteiger partial charge in [-0.1, -0.05) is 42.0 Å². The van der Waals surface area contributed by atoms with Gasteiger partial charge in [0.15, 0.2) is 0 Å². The number of para-hydroxylation sites is 3. The van der Waals surface area contributed by atoms with Crippen LogP contribution in [0.2, 0.25) is 0 Å². The van der Waals surface area contributed by atoms with Crippen molar-refractivity contribution >= 4 is 37.4 Å². The second-order valence-electron chi connectivity index (χ2n) is 7.78. The van der Waals surface area contributed by atoms with Crippen molar-refractivity contribution in [2.24, 2.45) is 0 Å². The Morgan fingerprint density at radius 1 is 0.941 bits per heavy atom. The third-order valence-corrected chi connectivity index (χ3v) is 8.43. The quantitative estimate of drug-likeness (QED) is 0.469. The van der Waals surface area contributed by atoms with Crippen LogP contribution in [-0.2, 0) is 24.5 Å². The van der Waals surface area contributed by atoms with E-state index < -0.39 is 38.9 Å². The third kappa shape index (κ3) is 4.64. The molecule has 0 aliphatic carbocycles. The fourth-order valence-electron chi connectivity index (χ4n) is 3.59. The van der Waals surface area contributed by atoms with Gasteiger partial charge in [0.25, 0.3) is 10.1 Å². The van der Waals surface area contributed by atoms with E-state index in [1.807, 2.05) is 6.92 Å². The number of fused-ring (bicyclic) bond motifs is 1. The number of hydrogen-bond donors (Lipinski definition) is 1. The van der Waals surface area contributed by atoms with Crippen LogP contribution in [0.15, 0.2) is 77.7 Å². The van der Waals surface area contributed by atoms with E-state index in [-0.39, 0.29) is 29.2 Å². The van der Waals surface area contributed by atoms with E-state index >= 15 is 0 Å². The molecular formula is C23H23FN2O6S2. The van der Waals surface area contributed by atoms with Crippen molar-refractivity contribution in [1.82, 2.24) is 0 Å². The van der Waals surface area contributed by atoms with Crippen molar-refractivity contribution in [3.63, 3.8) is 0 Å². The van der Waals surface area contributed by atoms with Gasteiger partial charge >= 0.3 is 10.2 Å². The first-order chi connectivity index (χ1) is 16.1. The molecule has 11 heteroatoms. The Kier molecular flexibility index (Phi) is 6.63. The normalized spacial score (nSPS) is 15.9. The van der Waals surface area contributed by atoms with Crippen LogP contribution in [0.3, 0.4) is 0 Å². The molecule has 1 aliphatic heterocycles. The fraction of sp³-hybridized carbons (Fsp3) is 0.217. The molecule has 1 aliphatic rings. The van der Waals surface area contributed by atoms with Crippen LogP contribution >= 0.6 is 0 Å². The van der Waals surface area contributed by atoms with E-state index in [1.54, 1.807) is 36.4 Å². The monoisotopic (exact) mass is 506 g/mol. The number of aliphatic hydroxyl groups is 1. The molecule has 0 fully saturated rings. The highest BCUT2D eigenvalue weighted by molar-refractivity contribution is 7.95. The van der Waals surface area contributed by atoms with Crippen molar-refractivity contribution in [3.05, 3.63) is 84.2 Å². The van der Waals surface area contributed by atoms with Crippen LogP contribution in [0.1, 0.15) is 12.0 Å². The predicted octanol–water partition coefficient (Wildman–Crippen LogP) is 3.49. The maximum absolute atomic E-state index is 14.5. The largest absolute Gasteiger partial charge is 0.391 e. The first kappa shape index (κ1) is 24.1. The van der Waals surface area contributed by atoms with Gasteiger partial charge < -0.3 is 5.11 Å². The van der Waals surface area contributed by atoms with Crippen LogP contribution in [0.5, 0.6) is 0 Å². The zero-order chi connectivity index (χ0) is 24.5. The standard InChI is InChI=1S/C23H23FN2O6S2/c1-17-10-12-19(13-11-17)33(28,29)32-16-18(27)14-15-25-22-8-4-5-9-23(22)26(34(25,30)31)21-7-3-2-6-20(21)24/h2-13,18,27H,14-16H2,1H3/t18-/m0/s1. The lowest BCUT2D eigenvalue weighted by Gasteiger charge is -2.23. The van der Waals surface area contributed by atoms with Crippen LogP contribution < -0.4 is 8.61 Å². The highest BCUT2D eigenvalue weighted by Crippen LogP contribution is 2.45. The summed E-state index contributed by atoms with van der Waals surface area (Å²) in [7, 11) is -8.26. The molecule has 0 bridgehead atoms. The zero-order valence-corrected chi connectivity index (χ0v) is 19.8. The smallest absolute Gasteiger partial charge is 0.331 e. The summed E-state index contributed by atoms with van der Waals surface area (Å²) in [4.78, 5) is -0.0399. The van der Waals surface area contributed by atoms with Crippen LogP contribution in [0.4, 0.5) is 21.5 Å². The van der Waals surface area contributed by atoms with Crippen LogP contribution in [0.25, 0.3) is 0 Å². The van der Waals surface area contributed by atoms with Gasteiger partial charge in [-0.25, -0.2) is 8.70 Å². The Morgan fingerprint density at radius 2 is 1.53 bits per heavy atom. The highest BCUT2D eigenvalue weighted by atomic mass is 32.2. The summed E-state index contributed by atoms with van der Waals surface area (Å²) in [6.45, 7) is 1.11. The minimum Gasteiger partial charge on any atom is -0.391 e. The molecule has 180 valence electrons. The number of hydrogen-bond acceptors (Lipinski definition) is 6. The topological polar surface area (TPSA) is 104 Å². The van der Waals surface area contributed by atoms with E-state index in [4.69, 9.17) is 4.18 Å². The average molecular weight is 507 g/mol. The molecule has 1 atom stereocenters. The number of halogens is 1. The molecular weight excluding hydrogens is 483 g/mol. The molecule has 1 heterocycles. The molecule has 3 aromatic rings. The van der Waals surface area contributed by atoms with Crippen molar-refractivity contribution < 1.29 is 30.5 Å². The van der Waals surface area contributed by atoms with Gasteiger partial charge in [-0.2, -0.15) is 16.8 Å². The van der Waals surface area contributed by atoms with Gasteiger partial charge in [-0.15, -0.1) is 0 Å².